The van der Waals surface area contributed by atoms with Gasteiger partial charge < -0.3 is 10.1 Å². The summed E-state index contributed by atoms with van der Waals surface area (Å²) in [6.45, 7) is 1.98. The molecule has 0 atom stereocenters. The number of hydrogen-bond donors (Lipinski definition) is 1. The van der Waals surface area contributed by atoms with E-state index in [-0.39, 0.29) is 18.6 Å². The molecule has 3 aromatic rings. The number of carbonyl (C=O) groups excluding carboxylic acids is 1. The van der Waals surface area contributed by atoms with Crippen LogP contribution in [0.15, 0.2) is 78.9 Å². The van der Waals surface area contributed by atoms with Gasteiger partial charge in [-0.15, -0.1) is 0 Å². The first-order valence-corrected chi connectivity index (χ1v) is 9.35. The third-order valence-electron chi connectivity index (χ3n) is 4.34. The van der Waals surface area contributed by atoms with Gasteiger partial charge in [-0.2, -0.15) is 0 Å². The minimum atomic E-state index is -0.222. The average Bonchev–Trinajstić information content (AvgIpc) is 2.72. The van der Waals surface area contributed by atoms with Crippen LogP contribution >= 0.6 is 11.6 Å². The summed E-state index contributed by atoms with van der Waals surface area (Å²) in [7, 11) is 0. The van der Waals surface area contributed by atoms with Crippen LogP contribution in [0.2, 0.25) is 5.02 Å². The van der Waals surface area contributed by atoms with Crippen LogP contribution in [0, 0.1) is 0 Å². The zero-order valence-corrected chi connectivity index (χ0v) is 15.9. The van der Waals surface area contributed by atoms with Crippen molar-refractivity contribution in [1.82, 2.24) is 5.32 Å². The van der Waals surface area contributed by atoms with Crippen molar-refractivity contribution >= 4 is 17.5 Å². The van der Waals surface area contributed by atoms with E-state index in [9.17, 15) is 4.79 Å². The number of hydrogen-bond acceptors (Lipinski definition) is 2. The molecule has 0 unspecified atom stereocenters. The van der Waals surface area contributed by atoms with Gasteiger partial charge in [0.05, 0.1) is 6.04 Å². The molecule has 0 heterocycles. The normalized spacial score (nSPS) is 10.6. The summed E-state index contributed by atoms with van der Waals surface area (Å²) < 4.78 is 5.67. The van der Waals surface area contributed by atoms with Gasteiger partial charge in [-0.1, -0.05) is 79.2 Å². The molecule has 0 aromatic heterocycles. The first-order valence-electron chi connectivity index (χ1n) is 8.98. The Morgan fingerprint density at radius 1 is 0.963 bits per heavy atom. The summed E-state index contributed by atoms with van der Waals surface area (Å²) in [6.07, 6.45) is 0.812. The lowest BCUT2D eigenvalue weighted by Gasteiger charge is -2.20. The van der Waals surface area contributed by atoms with Crippen molar-refractivity contribution in [3.8, 4) is 5.75 Å². The first-order chi connectivity index (χ1) is 13.2. The molecule has 0 aliphatic carbocycles. The minimum Gasteiger partial charge on any atom is -0.484 e. The van der Waals surface area contributed by atoms with Gasteiger partial charge in [0, 0.05) is 5.02 Å². The smallest absolute Gasteiger partial charge is 0.258 e. The Balaban J connectivity index is 1.70. The molecule has 1 N–H and O–H groups in total. The average molecular weight is 380 g/mol. The maximum Gasteiger partial charge on any atom is 0.258 e. The van der Waals surface area contributed by atoms with Crippen molar-refractivity contribution in [3.63, 3.8) is 0 Å². The molecule has 0 saturated heterocycles. The lowest BCUT2D eigenvalue weighted by atomic mass is 9.99. The van der Waals surface area contributed by atoms with Gasteiger partial charge in [-0.05, 0) is 41.3 Å². The second-order valence-corrected chi connectivity index (χ2v) is 6.62. The molecule has 0 aliphatic heterocycles. The number of amides is 1. The molecule has 138 valence electrons. The number of aryl methyl sites for hydroxylation is 1. The summed E-state index contributed by atoms with van der Waals surface area (Å²) in [6, 6.07) is 25.0. The quantitative estimate of drug-likeness (QED) is 0.613. The third kappa shape index (κ3) is 5.11. The number of rotatable bonds is 7. The molecule has 0 aliphatic rings. The van der Waals surface area contributed by atoms with Crippen molar-refractivity contribution in [2.45, 2.75) is 19.4 Å². The number of benzene rings is 3. The van der Waals surface area contributed by atoms with Crippen LogP contribution in [0.25, 0.3) is 0 Å². The van der Waals surface area contributed by atoms with E-state index in [1.807, 2.05) is 73.7 Å². The van der Waals surface area contributed by atoms with E-state index < -0.39 is 0 Å². The highest BCUT2D eigenvalue weighted by Gasteiger charge is 2.17. The second-order valence-electron chi connectivity index (χ2n) is 6.22. The van der Waals surface area contributed by atoms with E-state index >= 15 is 0 Å². The summed E-state index contributed by atoms with van der Waals surface area (Å²) in [4.78, 5) is 12.5. The van der Waals surface area contributed by atoms with Crippen molar-refractivity contribution in [3.05, 3.63) is 101 Å². The van der Waals surface area contributed by atoms with Crippen molar-refractivity contribution in [2.24, 2.45) is 0 Å². The van der Waals surface area contributed by atoms with Gasteiger partial charge in [0.25, 0.3) is 5.91 Å². The van der Waals surface area contributed by atoms with Crippen LogP contribution in [0.3, 0.4) is 0 Å². The molecule has 3 aromatic carbocycles. The molecule has 0 radical (unpaired) electrons. The van der Waals surface area contributed by atoms with Crippen LogP contribution in [0.4, 0.5) is 0 Å². The van der Waals surface area contributed by atoms with Gasteiger partial charge in [0.2, 0.25) is 0 Å². The molecule has 3 nitrogen and oxygen atoms in total. The summed E-state index contributed by atoms with van der Waals surface area (Å²) in [5.41, 5.74) is 3.05. The molecule has 0 spiro atoms. The highest BCUT2D eigenvalue weighted by molar-refractivity contribution is 6.31. The van der Waals surface area contributed by atoms with E-state index in [1.54, 1.807) is 12.1 Å². The fourth-order valence-electron chi connectivity index (χ4n) is 2.91. The van der Waals surface area contributed by atoms with Crippen LogP contribution in [0.1, 0.15) is 29.7 Å². The largest absolute Gasteiger partial charge is 0.484 e. The summed E-state index contributed by atoms with van der Waals surface area (Å²) in [5.74, 6) is 0.461. The molecule has 0 saturated carbocycles. The van der Waals surface area contributed by atoms with Gasteiger partial charge >= 0.3 is 0 Å². The van der Waals surface area contributed by atoms with E-state index in [1.165, 1.54) is 0 Å². The molecule has 3 rings (SSSR count). The Labute approximate surface area is 164 Å². The Morgan fingerprint density at radius 3 is 2.11 bits per heavy atom. The number of halogens is 1. The Morgan fingerprint density at radius 2 is 1.56 bits per heavy atom. The number of carbonyl (C=O) groups is 1. The second kappa shape index (κ2) is 9.24. The molecule has 4 heteroatoms. The fraction of sp³-hybridized carbons (Fsp3) is 0.174. The number of ether oxygens (including phenoxy) is 1. The van der Waals surface area contributed by atoms with E-state index in [4.69, 9.17) is 16.3 Å². The van der Waals surface area contributed by atoms with Crippen LogP contribution < -0.4 is 10.1 Å². The molecule has 0 fully saturated rings. The van der Waals surface area contributed by atoms with E-state index in [0.717, 1.165) is 23.1 Å². The van der Waals surface area contributed by atoms with Gasteiger partial charge in [0.15, 0.2) is 6.61 Å². The van der Waals surface area contributed by atoms with Crippen molar-refractivity contribution in [1.29, 1.82) is 0 Å². The highest BCUT2D eigenvalue weighted by atomic mass is 35.5. The van der Waals surface area contributed by atoms with Crippen molar-refractivity contribution < 1.29 is 9.53 Å². The third-order valence-corrected chi connectivity index (χ3v) is 4.71. The predicted molar refractivity (Wildman–Crippen MR) is 109 cm³/mol. The Hall–Kier alpha value is -2.78. The lowest BCUT2D eigenvalue weighted by Crippen LogP contribution is -2.33. The van der Waals surface area contributed by atoms with Crippen LogP contribution in [-0.2, 0) is 11.2 Å². The Kier molecular flexibility index (Phi) is 6.50. The van der Waals surface area contributed by atoms with Gasteiger partial charge in [-0.25, -0.2) is 0 Å². The maximum absolute atomic E-state index is 12.5. The van der Waals surface area contributed by atoms with E-state index in [0.29, 0.717) is 10.8 Å². The molecular formula is C23H22ClNO2. The topological polar surface area (TPSA) is 38.3 Å². The minimum absolute atomic E-state index is 0.0546. The maximum atomic E-state index is 12.5. The summed E-state index contributed by atoms with van der Waals surface area (Å²) in [5, 5.41) is 3.78. The van der Waals surface area contributed by atoms with Gasteiger partial charge in [-0.3, -0.25) is 4.79 Å². The summed E-state index contributed by atoms with van der Waals surface area (Å²) >= 11 is 6.13. The van der Waals surface area contributed by atoms with E-state index in [2.05, 4.69) is 5.32 Å². The molecular weight excluding hydrogens is 358 g/mol. The SMILES string of the molecule is CCc1cc(OCC(=O)NC(c2ccccc2)c2ccccc2)ccc1Cl. The predicted octanol–water partition coefficient (Wildman–Crippen LogP) is 5.19. The lowest BCUT2D eigenvalue weighted by molar-refractivity contribution is -0.123. The zero-order valence-electron chi connectivity index (χ0n) is 15.2. The monoisotopic (exact) mass is 379 g/mol. The van der Waals surface area contributed by atoms with Crippen LogP contribution in [-0.4, -0.2) is 12.5 Å². The molecule has 27 heavy (non-hydrogen) atoms. The fourth-order valence-corrected chi connectivity index (χ4v) is 3.16. The van der Waals surface area contributed by atoms with Gasteiger partial charge in [0.1, 0.15) is 5.75 Å². The highest BCUT2D eigenvalue weighted by Crippen LogP contribution is 2.23. The molecule has 0 bridgehead atoms. The molecule has 1 amide bonds. The zero-order chi connectivity index (χ0) is 19.1. The number of nitrogens with one attached hydrogen (secondary N) is 1. The first kappa shape index (κ1) is 19.0. The van der Waals surface area contributed by atoms with Crippen LogP contribution in [0.5, 0.6) is 5.75 Å². The Bertz CT molecular complexity index is 842. The van der Waals surface area contributed by atoms with Crippen molar-refractivity contribution in [2.75, 3.05) is 6.61 Å². The standard InChI is InChI=1S/C23H22ClNO2/c1-2-17-15-20(13-14-21(17)24)27-16-22(26)25-23(18-9-5-3-6-10-18)19-11-7-4-8-12-19/h3-15,23H,2,16H2,1H3,(H,25,26).